The fourth-order valence-corrected chi connectivity index (χ4v) is 0.646. The van der Waals surface area contributed by atoms with E-state index in [-0.39, 0.29) is 11.3 Å². The first-order valence-corrected chi connectivity index (χ1v) is 3.74. The van der Waals surface area contributed by atoms with Crippen molar-refractivity contribution < 1.29 is 4.79 Å². The molecule has 0 radical (unpaired) electrons. The van der Waals surface area contributed by atoms with Crippen molar-refractivity contribution >= 4 is 18.0 Å². The SMILES string of the molecule is CSC(C)C(N)C=O. The van der Waals surface area contributed by atoms with E-state index in [1.807, 2.05) is 13.2 Å². The van der Waals surface area contributed by atoms with Crippen LogP contribution in [0.1, 0.15) is 6.92 Å². The molecule has 0 aliphatic rings. The summed E-state index contributed by atoms with van der Waals surface area (Å²) in [5, 5.41) is 0.243. The maximum Gasteiger partial charge on any atom is 0.137 e. The van der Waals surface area contributed by atoms with Gasteiger partial charge in [0, 0.05) is 5.25 Å². The molecule has 0 spiro atoms. The minimum atomic E-state index is -0.301. The van der Waals surface area contributed by atoms with Crippen LogP contribution in [-0.2, 0) is 4.79 Å². The Morgan fingerprint density at radius 3 is 2.38 bits per heavy atom. The summed E-state index contributed by atoms with van der Waals surface area (Å²) in [5.74, 6) is 0. The zero-order chi connectivity index (χ0) is 6.57. The van der Waals surface area contributed by atoms with E-state index in [9.17, 15) is 4.79 Å². The van der Waals surface area contributed by atoms with Crippen molar-refractivity contribution in [3.8, 4) is 0 Å². The second-order valence-corrected chi connectivity index (χ2v) is 2.87. The lowest BCUT2D eigenvalue weighted by Crippen LogP contribution is -2.31. The van der Waals surface area contributed by atoms with Crippen LogP contribution in [-0.4, -0.2) is 23.8 Å². The van der Waals surface area contributed by atoms with Gasteiger partial charge < -0.3 is 10.5 Å². The molecule has 2 N–H and O–H groups in total. The predicted octanol–water partition coefficient (Wildman–Crippen LogP) is 0.264. The Bertz CT molecular complexity index is 76.8. The summed E-state index contributed by atoms with van der Waals surface area (Å²) in [7, 11) is 0. The Labute approximate surface area is 53.8 Å². The highest BCUT2D eigenvalue weighted by atomic mass is 32.2. The molecule has 2 atom stereocenters. The molecule has 0 aromatic carbocycles. The maximum atomic E-state index is 9.97. The van der Waals surface area contributed by atoms with Crippen LogP contribution in [0.2, 0.25) is 0 Å². The number of hydrogen-bond donors (Lipinski definition) is 1. The van der Waals surface area contributed by atoms with Gasteiger partial charge in [0.15, 0.2) is 0 Å². The number of carbonyl (C=O) groups excluding carboxylic acids is 1. The molecule has 48 valence electrons. The predicted molar refractivity (Wildman–Crippen MR) is 37.0 cm³/mol. The lowest BCUT2D eigenvalue weighted by atomic mass is 10.3. The molecule has 0 aliphatic heterocycles. The second kappa shape index (κ2) is 3.92. The Hall–Kier alpha value is -0.0200. The first-order chi connectivity index (χ1) is 3.72. The van der Waals surface area contributed by atoms with E-state index >= 15 is 0 Å². The summed E-state index contributed by atoms with van der Waals surface area (Å²) in [6, 6.07) is -0.301. The maximum absolute atomic E-state index is 9.97. The minimum absolute atomic E-state index is 0.243. The van der Waals surface area contributed by atoms with Crippen molar-refractivity contribution in [3.63, 3.8) is 0 Å². The molecule has 0 aromatic rings. The van der Waals surface area contributed by atoms with Gasteiger partial charge in [-0.3, -0.25) is 0 Å². The van der Waals surface area contributed by atoms with E-state index in [4.69, 9.17) is 5.73 Å². The monoisotopic (exact) mass is 133 g/mol. The molecular weight excluding hydrogens is 122 g/mol. The van der Waals surface area contributed by atoms with Gasteiger partial charge in [0.2, 0.25) is 0 Å². The average Bonchev–Trinajstić information content (AvgIpc) is 1.84. The van der Waals surface area contributed by atoms with Crippen molar-refractivity contribution in [3.05, 3.63) is 0 Å². The molecule has 0 rings (SSSR count). The van der Waals surface area contributed by atoms with Crippen LogP contribution in [0.4, 0.5) is 0 Å². The first-order valence-electron chi connectivity index (χ1n) is 2.46. The number of aldehydes is 1. The zero-order valence-electron chi connectivity index (χ0n) is 5.13. The van der Waals surface area contributed by atoms with Crippen molar-refractivity contribution in [2.75, 3.05) is 6.26 Å². The number of carbonyl (C=O) groups is 1. The summed E-state index contributed by atoms with van der Waals surface area (Å²) in [4.78, 5) is 9.97. The summed E-state index contributed by atoms with van der Waals surface area (Å²) in [5.41, 5.74) is 5.34. The summed E-state index contributed by atoms with van der Waals surface area (Å²) in [6.45, 7) is 1.93. The van der Waals surface area contributed by atoms with E-state index in [0.29, 0.717) is 0 Å². The van der Waals surface area contributed by atoms with Crippen molar-refractivity contribution in [1.82, 2.24) is 0 Å². The van der Waals surface area contributed by atoms with Gasteiger partial charge in [0.25, 0.3) is 0 Å². The molecule has 0 bridgehead atoms. The zero-order valence-corrected chi connectivity index (χ0v) is 5.94. The molecule has 0 fully saturated rings. The fraction of sp³-hybridized carbons (Fsp3) is 0.800. The molecule has 3 heteroatoms. The quantitative estimate of drug-likeness (QED) is 0.562. The highest BCUT2D eigenvalue weighted by molar-refractivity contribution is 7.99. The van der Waals surface area contributed by atoms with Crippen LogP contribution < -0.4 is 5.73 Å². The van der Waals surface area contributed by atoms with Crippen LogP contribution in [0.15, 0.2) is 0 Å². The third-order valence-corrected chi connectivity index (χ3v) is 2.13. The molecular formula is C5H11NOS. The Kier molecular flexibility index (Phi) is 3.91. The normalized spacial score (nSPS) is 17.4. The van der Waals surface area contributed by atoms with Crippen LogP contribution in [0.5, 0.6) is 0 Å². The third-order valence-electron chi connectivity index (χ3n) is 1.07. The van der Waals surface area contributed by atoms with E-state index in [1.54, 1.807) is 11.8 Å². The molecule has 2 unspecified atom stereocenters. The van der Waals surface area contributed by atoms with Gasteiger partial charge in [0.1, 0.15) is 6.29 Å². The Morgan fingerprint density at radius 2 is 2.25 bits per heavy atom. The van der Waals surface area contributed by atoms with Crippen LogP contribution in [0, 0.1) is 0 Å². The number of hydrogen-bond acceptors (Lipinski definition) is 3. The van der Waals surface area contributed by atoms with E-state index in [1.165, 1.54) is 0 Å². The van der Waals surface area contributed by atoms with Gasteiger partial charge in [-0.25, -0.2) is 0 Å². The lowest BCUT2D eigenvalue weighted by molar-refractivity contribution is -0.108. The third kappa shape index (κ3) is 2.33. The number of thioether (sulfide) groups is 1. The number of rotatable bonds is 3. The van der Waals surface area contributed by atoms with Crippen LogP contribution in [0.3, 0.4) is 0 Å². The van der Waals surface area contributed by atoms with Crippen LogP contribution >= 0.6 is 11.8 Å². The molecule has 2 nitrogen and oxygen atoms in total. The molecule has 0 saturated heterocycles. The number of nitrogens with two attached hydrogens (primary N) is 1. The molecule has 0 aromatic heterocycles. The molecule has 0 saturated carbocycles. The van der Waals surface area contributed by atoms with Gasteiger partial charge in [-0.2, -0.15) is 11.8 Å². The van der Waals surface area contributed by atoms with Crippen molar-refractivity contribution in [2.24, 2.45) is 5.73 Å². The Balaban J connectivity index is 3.44. The summed E-state index contributed by atoms with van der Waals surface area (Å²) in [6.07, 6.45) is 2.72. The summed E-state index contributed by atoms with van der Waals surface area (Å²) < 4.78 is 0. The second-order valence-electron chi connectivity index (χ2n) is 1.65. The molecule has 0 aliphatic carbocycles. The smallest absolute Gasteiger partial charge is 0.137 e. The van der Waals surface area contributed by atoms with Gasteiger partial charge in [0.05, 0.1) is 6.04 Å². The standard InChI is InChI=1S/C5H11NOS/c1-4(8-2)5(6)3-7/h3-5H,6H2,1-2H3. The largest absolute Gasteiger partial charge is 0.321 e. The average molecular weight is 133 g/mol. The van der Waals surface area contributed by atoms with E-state index in [2.05, 4.69) is 0 Å². The molecule has 0 amide bonds. The van der Waals surface area contributed by atoms with E-state index in [0.717, 1.165) is 6.29 Å². The van der Waals surface area contributed by atoms with Gasteiger partial charge in [-0.05, 0) is 6.26 Å². The fourth-order valence-electron chi connectivity index (χ4n) is 0.268. The minimum Gasteiger partial charge on any atom is -0.321 e. The molecule has 8 heavy (non-hydrogen) atoms. The van der Waals surface area contributed by atoms with Crippen molar-refractivity contribution in [1.29, 1.82) is 0 Å². The van der Waals surface area contributed by atoms with Gasteiger partial charge in [-0.1, -0.05) is 6.92 Å². The Morgan fingerprint density at radius 1 is 1.75 bits per heavy atom. The first kappa shape index (κ1) is 7.98. The summed E-state index contributed by atoms with van der Waals surface area (Å²) >= 11 is 1.60. The lowest BCUT2D eigenvalue weighted by Gasteiger charge is -2.09. The van der Waals surface area contributed by atoms with Gasteiger partial charge >= 0.3 is 0 Å². The molecule has 0 heterocycles. The van der Waals surface area contributed by atoms with Crippen LogP contribution in [0.25, 0.3) is 0 Å². The van der Waals surface area contributed by atoms with Gasteiger partial charge in [-0.15, -0.1) is 0 Å². The highest BCUT2D eigenvalue weighted by Gasteiger charge is 2.07. The highest BCUT2D eigenvalue weighted by Crippen LogP contribution is 2.05. The van der Waals surface area contributed by atoms with E-state index < -0.39 is 0 Å². The topological polar surface area (TPSA) is 43.1 Å². The van der Waals surface area contributed by atoms with Crippen molar-refractivity contribution in [2.45, 2.75) is 18.2 Å².